The van der Waals surface area contributed by atoms with Gasteiger partial charge in [-0.2, -0.15) is 0 Å². The smallest absolute Gasteiger partial charge is 0.282 e. The van der Waals surface area contributed by atoms with Crippen LogP contribution >= 0.6 is 0 Å². The van der Waals surface area contributed by atoms with Crippen LogP contribution in [0.5, 0.6) is 0 Å². The predicted molar refractivity (Wildman–Crippen MR) is 77.9 cm³/mol. The highest BCUT2D eigenvalue weighted by atomic mass is 16.3. The van der Waals surface area contributed by atoms with Crippen LogP contribution in [0.1, 0.15) is 5.76 Å². The normalized spacial score (nSPS) is 17.0. The maximum atomic E-state index is 12.2. The molecular weight excluding hydrogens is 268 g/mol. The molecule has 5 nitrogen and oxygen atoms in total. The largest absolute Gasteiger partial charge is 0.465 e. The number of nitrogens with zero attached hydrogens (tertiary/aromatic N) is 1. The minimum atomic E-state index is -0.423. The van der Waals surface area contributed by atoms with Gasteiger partial charge in [0.2, 0.25) is 0 Å². The number of hydrazine groups is 1. The van der Waals surface area contributed by atoms with Crippen molar-refractivity contribution in [1.29, 1.82) is 0 Å². The molecule has 0 spiro atoms. The molecule has 0 radical (unpaired) electrons. The summed E-state index contributed by atoms with van der Waals surface area (Å²) >= 11 is 0. The number of carbonyl (C=O) groups excluding carboxylic acids is 2. The van der Waals surface area contributed by atoms with Crippen molar-refractivity contribution in [3.8, 4) is 0 Å². The van der Waals surface area contributed by atoms with Crippen LogP contribution in [0.25, 0.3) is 6.08 Å². The van der Waals surface area contributed by atoms with Gasteiger partial charge in [0.05, 0.1) is 12.0 Å². The molecule has 2 heterocycles. The van der Waals surface area contributed by atoms with Crippen LogP contribution in [0.2, 0.25) is 0 Å². The molecule has 2 amide bonds. The van der Waals surface area contributed by atoms with Gasteiger partial charge in [-0.05, 0) is 36.4 Å². The molecule has 0 atom stereocenters. The first kappa shape index (κ1) is 12.9. The lowest BCUT2D eigenvalue weighted by molar-refractivity contribution is -0.117. The summed E-state index contributed by atoms with van der Waals surface area (Å²) in [5, 5.41) is 1.23. The van der Waals surface area contributed by atoms with Crippen LogP contribution in [0.4, 0.5) is 5.69 Å². The Kier molecular flexibility index (Phi) is 3.39. The molecule has 0 aliphatic carbocycles. The number of anilines is 1. The van der Waals surface area contributed by atoms with Crippen molar-refractivity contribution in [2.75, 3.05) is 5.01 Å². The van der Waals surface area contributed by atoms with Gasteiger partial charge in [0.15, 0.2) is 0 Å². The van der Waals surface area contributed by atoms with Crippen molar-refractivity contribution in [3.63, 3.8) is 0 Å². The number of furan rings is 1. The average Bonchev–Trinajstić information content (AvgIpc) is 3.11. The number of rotatable bonds is 3. The Bertz CT molecular complexity index is 715. The fourth-order valence-corrected chi connectivity index (χ4v) is 1.96. The second kappa shape index (κ2) is 5.50. The summed E-state index contributed by atoms with van der Waals surface area (Å²) in [6.45, 7) is 0. The van der Waals surface area contributed by atoms with Crippen LogP contribution in [0.3, 0.4) is 0 Å². The molecule has 0 bridgehead atoms. The Morgan fingerprint density at radius 2 is 1.86 bits per heavy atom. The number of para-hydroxylation sites is 1. The van der Waals surface area contributed by atoms with E-state index in [0.717, 1.165) is 0 Å². The summed E-state index contributed by atoms with van der Waals surface area (Å²) < 4.78 is 5.13. The number of benzene rings is 1. The molecule has 2 aromatic rings. The third-order valence-electron chi connectivity index (χ3n) is 2.97. The van der Waals surface area contributed by atoms with Gasteiger partial charge < -0.3 is 4.42 Å². The molecule has 1 saturated heterocycles. The first-order chi connectivity index (χ1) is 10.3. The number of hydrogen-bond donors (Lipinski definition) is 1. The third-order valence-corrected chi connectivity index (χ3v) is 2.97. The second-order valence-corrected chi connectivity index (χ2v) is 4.37. The van der Waals surface area contributed by atoms with Crippen LogP contribution in [0.15, 0.2) is 70.9 Å². The van der Waals surface area contributed by atoms with Gasteiger partial charge in [-0.15, -0.1) is 0 Å². The highest BCUT2D eigenvalue weighted by Gasteiger charge is 2.33. The Balaban J connectivity index is 1.81. The Morgan fingerprint density at radius 3 is 2.57 bits per heavy atom. The van der Waals surface area contributed by atoms with Gasteiger partial charge in [-0.25, -0.2) is 5.01 Å². The summed E-state index contributed by atoms with van der Waals surface area (Å²) in [5.41, 5.74) is 3.24. The number of nitrogens with one attached hydrogen (secondary N) is 1. The van der Waals surface area contributed by atoms with E-state index in [4.69, 9.17) is 4.42 Å². The van der Waals surface area contributed by atoms with Crippen molar-refractivity contribution < 1.29 is 14.0 Å². The molecule has 1 N–H and O–H groups in total. The van der Waals surface area contributed by atoms with Crippen molar-refractivity contribution in [1.82, 2.24) is 5.43 Å². The van der Waals surface area contributed by atoms with Gasteiger partial charge in [-0.1, -0.05) is 24.3 Å². The Hall–Kier alpha value is -3.08. The lowest BCUT2D eigenvalue weighted by atomic mass is 10.2. The summed E-state index contributed by atoms with van der Waals surface area (Å²) in [6.07, 6.45) is 6.32. The van der Waals surface area contributed by atoms with E-state index in [1.807, 2.05) is 6.07 Å². The quantitative estimate of drug-likeness (QED) is 0.693. The summed E-state index contributed by atoms with van der Waals surface area (Å²) in [6, 6.07) is 12.5. The summed E-state index contributed by atoms with van der Waals surface area (Å²) in [7, 11) is 0. The van der Waals surface area contributed by atoms with Gasteiger partial charge in [-0.3, -0.25) is 15.0 Å². The monoisotopic (exact) mass is 280 g/mol. The SMILES string of the molecule is O=C1NN(c2ccccc2)C(=O)C1=CC=Cc1ccco1. The Morgan fingerprint density at radius 1 is 1.05 bits per heavy atom. The maximum Gasteiger partial charge on any atom is 0.282 e. The maximum absolute atomic E-state index is 12.2. The van der Waals surface area contributed by atoms with Crippen LogP contribution in [-0.2, 0) is 9.59 Å². The van der Waals surface area contributed by atoms with E-state index in [0.29, 0.717) is 11.4 Å². The molecule has 0 saturated carbocycles. The standard InChI is InChI=1S/C16H12N2O3/c19-15-14(10-4-8-13-9-5-11-21-13)16(20)18(17-15)12-6-2-1-3-7-12/h1-11H,(H,17,19). The van der Waals surface area contributed by atoms with Gasteiger partial charge in [0.25, 0.3) is 11.8 Å². The molecular formula is C16H12N2O3. The fourth-order valence-electron chi connectivity index (χ4n) is 1.96. The zero-order valence-electron chi connectivity index (χ0n) is 11.0. The topological polar surface area (TPSA) is 62.6 Å². The lowest BCUT2D eigenvalue weighted by Crippen LogP contribution is -2.35. The summed E-state index contributed by atoms with van der Waals surface area (Å²) in [4.78, 5) is 24.1. The van der Waals surface area contributed by atoms with Gasteiger partial charge in [0, 0.05) is 0 Å². The molecule has 1 aliphatic rings. The first-order valence-electron chi connectivity index (χ1n) is 6.38. The number of carbonyl (C=O) groups is 2. The van der Waals surface area contributed by atoms with Crippen LogP contribution < -0.4 is 10.4 Å². The molecule has 1 aromatic heterocycles. The van der Waals surface area contributed by atoms with E-state index >= 15 is 0 Å². The van der Waals surface area contributed by atoms with Crippen LogP contribution in [-0.4, -0.2) is 11.8 Å². The van der Waals surface area contributed by atoms with Gasteiger partial charge in [0.1, 0.15) is 11.3 Å². The predicted octanol–water partition coefficient (Wildman–Crippen LogP) is 2.30. The molecule has 21 heavy (non-hydrogen) atoms. The number of hydrogen-bond acceptors (Lipinski definition) is 3. The first-order valence-corrected chi connectivity index (χ1v) is 6.38. The number of amides is 2. The number of allylic oxidation sites excluding steroid dienone is 2. The molecule has 5 heteroatoms. The van der Waals surface area contributed by atoms with E-state index in [-0.39, 0.29) is 11.5 Å². The van der Waals surface area contributed by atoms with Gasteiger partial charge >= 0.3 is 0 Å². The zero-order valence-corrected chi connectivity index (χ0v) is 11.0. The summed E-state index contributed by atoms with van der Waals surface area (Å²) in [5.74, 6) is -0.152. The molecule has 104 valence electrons. The fraction of sp³-hybridized carbons (Fsp3) is 0. The van der Waals surface area contributed by atoms with E-state index in [1.165, 1.54) is 11.1 Å². The van der Waals surface area contributed by atoms with E-state index in [1.54, 1.807) is 54.8 Å². The van der Waals surface area contributed by atoms with E-state index in [2.05, 4.69) is 5.43 Å². The molecule has 3 rings (SSSR count). The second-order valence-electron chi connectivity index (χ2n) is 4.37. The molecule has 0 unspecified atom stereocenters. The highest BCUT2D eigenvalue weighted by molar-refractivity contribution is 6.29. The van der Waals surface area contributed by atoms with Crippen molar-refractivity contribution in [2.45, 2.75) is 0 Å². The lowest BCUT2D eigenvalue weighted by Gasteiger charge is -2.13. The highest BCUT2D eigenvalue weighted by Crippen LogP contribution is 2.19. The van der Waals surface area contributed by atoms with Crippen molar-refractivity contribution in [3.05, 3.63) is 72.2 Å². The van der Waals surface area contributed by atoms with Crippen LogP contribution in [0, 0.1) is 0 Å². The minimum absolute atomic E-state index is 0.0849. The van der Waals surface area contributed by atoms with Crippen molar-refractivity contribution in [2.24, 2.45) is 0 Å². The molecule has 1 aromatic carbocycles. The molecule has 1 fully saturated rings. The average molecular weight is 280 g/mol. The zero-order chi connectivity index (χ0) is 14.7. The Labute approximate surface area is 121 Å². The van der Waals surface area contributed by atoms with Crippen molar-refractivity contribution >= 4 is 23.6 Å². The molecule has 1 aliphatic heterocycles. The van der Waals surface area contributed by atoms with E-state index in [9.17, 15) is 9.59 Å². The van der Waals surface area contributed by atoms with E-state index < -0.39 is 5.91 Å². The third kappa shape index (κ3) is 2.62. The minimum Gasteiger partial charge on any atom is -0.465 e.